The van der Waals surface area contributed by atoms with Gasteiger partial charge in [0.25, 0.3) is 0 Å². The van der Waals surface area contributed by atoms with Crippen LogP contribution in [0.2, 0.25) is 5.02 Å². The zero-order chi connectivity index (χ0) is 18.8. The molecule has 27 heavy (non-hydrogen) atoms. The van der Waals surface area contributed by atoms with E-state index in [2.05, 4.69) is 25.8 Å². The van der Waals surface area contributed by atoms with Gasteiger partial charge in [-0.25, -0.2) is 4.79 Å². The van der Waals surface area contributed by atoms with E-state index in [1.165, 1.54) is 0 Å². The second-order valence-corrected chi connectivity index (χ2v) is 6.29. The van der Waals surface area contributed by atoms with Gasteiger partial charge in [-0.05, 0) is 36.4 Å². The fourth-order valence-corrected chi connectivity index (χ4v) is 2.97. The monoisotopic (exact) mass is 378 g/mol. The molecule has 0 atom stereocenters. The predicted octanol–water partition coefficient (Wildman–Crippen LogP) is 4.50. The Labute approximate surface area is 159 Å². The Morgan fingerprint density at radius 1 is 1.04 bits per heavy atom. The van der Waals surface area contributed by atoms with Crippen LogP contribution in [-0.2, 0) is 0 Å². The quantitative estimate of drug-likeness (QED) is 0.420. The lowest BCUT2D eigenvalue weighted by molar-refractivity contribution is 0.262. The van der Waals surface area contributed by atoms with Crippen LogP contribution in [0.15, 0.2) is 60.8 Å². The Morgan fingerprint density at radius 2 is 1.81 bits per heavy atom. The molecule has 0 aliphatic rings. The Hall–Kier alpha value is -3.58. The fraction of sp³-hybridized carbons (Fsp3) is 0. The SMILES string of the molecule is Nc1n[nH]c2ccnc(-c3ccc(NC(=O)Nc4cccc(Cl)c4)cc3)c12. The lowest BCUT2D eigenvalue weighted by Crippen LogP contribution is -2.19. The summed E-state index contributed by atoms with van der Waals surface area (Å²) >= 11 is 5.92. The molecule has 0 saturated heterocycles. The molecule has 2 amide bonds. The number of hydrogen-bond donors (Lipinski definition) is 4. The van der Waals surface area contributed by atoms with Gasteiger partial charge in [0.05, 0.1) is 16.6 Å². The first-order valence-corrected chi connectivity index (χ1v) is 8.50. The van der Waals surface area contributed by atoms with E-state index in [0.29, 0.717) is 22.2 Å². The molecule has 0 radical (unpaired) electrons. The number of amides is 2. The molecular weight excluding hydrogens is 364 g/mol. The largest absolute Gasteiger partial charge is 0.382 e. The van der Waals surface area contributed by atoms with E-state index >= 15 is 0 Å². The molecule has 0 bridgehead atoms. The minimum absolute atomic E-state index is 0.357. The number of halogens is 1. The lowest BCUT2D eigenvalue weighted by atomic mass is 10.1. The Kier molecular flexibility index (Phi) is 4.35. The third-order valence-electron chi connectivity index (χ3n) is 4.00. The summed E-state index contributed by atoms with van der Waals surface area (Å²) in [5.74, 6) is 0.399. The van der Waals surface area contributed by atoms with Gasteiger partial charge in [0, 0.05) is 28.2 Å². The highest BCUT2D eigenvalue weighted by Crippen LogP contribution is 2.29. The number of carbonyl (C=O) groups excluding carboxylic acids is 1. The Bertz CT molecular complexity index is 1120. The van der Waals surface area contributed by atoms with Gasteiger partial charge in [0.2, 0.25) is 0 Å². The van der Waals surface area contributed by atoms with Gasteiger partial charge in [-0.1, -0.05) is 29.8 Å². The van der Waals surface area contributed by atoms with Gasteiger partial charge in [0.1, 0.15) is 0 Å². The fourth-order valence-electron chi connectivity index (χ4n) is 2.78. The van der Waals surface area contributed by atoms with E-state index in [-0.39, 0.29) is 6.03 Å². The first kappa shape index (κ1) is 16.9. The van der Waals surface area contributed by atoms with Crippen molar-refractivity contribution in [2.75, 3.05) is 16.4 Å². The summed E-state index contributed by atoms with van der Waals surface area (Å²) < 4.78 is 0. The molecule has 4 aromatic rings. The second-order valence-electron chi connectivity index (χ2n) is 5.86. The Balaban J connectivity index is 1.52. The van der Waals surface area contributed by atoms with Crippen LogP contribution in [0.5, 0.6) is 0 Å². The molecule has 5 N–H and O–H groups in total. The molecule has 4 rings (SSSR count). The molecule has 2 heterocycles. The maximum absolute atomic E-state index is 12.1. The first-order chi connectivity index (χ1) is 13.1. The maximum atomic E-state index is 12.1. The predicted molar refractivity (Wildman–Crippen MR) is 108 cm³/mol. The van der Waals surface area contributed by atoms with Crippen molar-refractivity contribution in [3.05, 3.63) is 65.8 Å². The summed E-state index contributed by atoms with van der Waals surface area (Å²) in [7, 11) is 0. The maximum Gasteiger partial charge on any atom is 0.323 e. The van der Waals surface area contributed by atoms with E-state index in [1.807, 2.05) is 18.2 Å². The zero-order valence-electron chi connectivity index (χ0n) is 14.0. The van der Waals surface area contributed by atoms with Gasteiger partial charge < -0.3 is 16.4 Å². The van der Waals surface area contributed by atoms with E-state index in [4.69, 9.17) is 17.3 Å². The number of pyridine rings is 1. The molecule has 134 valence electrons. The average Bonchev–Trinajstić information content (AvgIpc) is 3.04. The van der Waals surface area contributed by atoms with Crippen molar-refractivity contribution in [3.8, 4) is 11.3 Å². The molecule has 8 heteroatoms. The summed E-state index contributed by atoms with van der Waals surface area (Å²) in [5.41, 5.74) is 9.62. The number of urea groups is 1. The first-order valence-electron chi connectivity index (χ1n) is 8.13. The van der Waals surface area contributed by atoms with E-state index < -0.39 is 0 Å². The summed E-state index contributed by atoms with van der Waals surface area (Å²) in [6.45, 7) is 0. The molecule has 2 aromatic carbocycles. The number of H-pyrrole nitrogens is 1. The number of fused-ring (bicyclic) bond motifs is 1. The van der Waals surface area contributed by atoms with E-state index in [9.17, 15) is 4.79 Å². The van der Waals surface area contributed by atoms with Crippen LogP contribution in [0, 0.1) is 0 Å². The number of anilines is 3. The smallest absolute Gasteiger partial charge is 0.323 e. The van der Waals surface area contributed by atoms with Crippen molar-refractivity contribution < 1.29 is 4.79 Å². The van der Waals surface area contributed by atoms with Crippen molar-refractivity contribution >= 4 is 45.7 Å². The molecule has 7 nitrogen and oxygen atoms in total. The topological polar surface area (TPSA) is 109 Å². The minimum Gasteiger partial charge on any atom is -0.382 e. The Morgan fingerprint density at radius 3 is 2.59 bits per heavy atom. The summed E-state index contributed by atoms with van der Waals surface area (Å²) in [6, 6.07) is 15.7. The third kappa shape index (κ3) is 3.54. The van der Waals surface area contributed by atoms with Gasteiger partial charge in [-0.2, -0.15) is 5.10 Å². The van der Waals surface area contributed by atoms with Crippen LogP contribution in [0.25, 0.3) is 22.2 Å². The van der Waals surface area contributed by atoms with Gasteiger partial charge in [-0.3, -0.25) is 10.1 Å². The van der Waals surface area contributed by atoms with Crippen molar-refractivity contribution in [1.82, 2.24) is 15.2 Å². The number of aromatic nitrogens is 3. The standard InChI is InChI=1S/C19H15ClN6O/c20-12-2-1-3-14(10-12)24-19(27)23-13-6-4-11(5-7-13)17-16-15(8-9-22-17)25-26-18(16)21/h1-10H,(H3,21,25,26)(H2,23,24,27). The number of nitrogen functional groups attached to an aromatic ring is 1. The number of nitrogens with one attached hydrogen (secondary N) is 3. The van der Waals surface area contributed by atoms with Gasteiger partial charge in [0.15, 0.2) is 5.82 Å². The summed E-state index contributed by atoms with van der Waals surface area (Å²) in [4.78, 5) is 16.5. The third-order valence-corrected chi connectivity index (χ3v) is 4.24. The molecular formula is C19H15ClN6O. The van der Waals surface area contributed by atoms with E-state index in [0.717, 1.165) is 22.2 Å². The van der Waals surface area contributed by atoms with Crippen LogP contribution >= 0.6 is 11.6 Å². The summed E-state index contributed by atoms with van der Waals surface area (Å²) in [5, 5.41) is 13.7. The highest BCUT2D eigenvalue weighted by atomic mass is 35.5. The number of carbonyl (C=O) groups is 1. The minimum atomic E-state index is -0.357. The molecule has 0 aliphatic heterocycles. The number of aromatic amines is 1. The highest BCUT2D eigenvalue weighted by molar-refractivity contribution is 6.30. The number of benzene rings is 2. The van der Waals surface area contributed by atoms with Gasteiger partial charge in [-0.15, -0.1) is 0 Å². The van der Waals surface area contributed by atoms with Crippen molar-refractivity contribution in [2.45, 2.75) is 0 Å². The highest BCUT2D eigenvalue weighted by Gasteiger charge is 2.11. The van der Waals surface area contributed by atoms with Crippen LogP contribution in [0.3, 0.4) is 0 Å². The lowest BCUT2D eigenvalue weighted by Gasteiger charge is -2.09. The number of rotatable bonds is 3. The van der Waals surface area contributed by atoms with Crippen LogP contribution < -0.4 is 16.4 Å². The number of nitrogens with two attached hydrogens (primary N) is 1. The molecule has 0 fully saturated rings. The second kappa shape index (κ2) is 6.97. The van der Waals surface area contributed by atoms with Crippen LogP contribution in [0.1, 0.15) is 0 Å². The van der Waals surface area contributed by atoms with Crippen LogP contribution in [0.4, 0.5) is 22.0 Å². The van der Waals surface area contributed by atoms with E-state index in [1.54, 1.807) is 42.6 Å². The molecule has 0 aliphatic carbocycles. The zero-order valence-corrected chi connectivity index (χ0v) is 14.8. The van der Waals surface area contributed by atoms with Crippen molar-refractivity contribution in [2.24, 2.45) is 0 Å². The van der Waals surface area contributed by atoms with Crippen molar-refractivity contribution in [1.29, 1.82) is 0 Å². The molecule has 2 aromatic heterocycles. The normalized spacial score (nSPS) is 10.7. The van der Waals surface area contributed by atoms with Gasteiger partial charge >= 0.3 is 6.03 Å². The summed E-state index contributed by atoms with van der Waals surface area (Å²) in [6.07, 6.45) is 1.69. The van der Waals surface area contributed by atoms with Crippen LogP contribution in [-0.4, -0.2) is 21.2 Å². The number of nitrogens with zero attached hydrogens (tertiary/aromatic N) is 2. The molecule has 0 spiro atoms. The molecule has 0 saturated carbocycles. The molecule has 0 unspecified atom stereocenters. The van der Waals surface area contributed by atoms with Crippen molar-refractivity contribution in [3.63, 3.8) is 0 Å². The average molecular weight is 379 g/mol. The number of hydrogen-bond acceptors (Lipinski definition) is 4.